The third-order valence-corrected chi connectivity index (χ3v) is 2.74. The molecule has 0 heterocycles. The fraction of sp³-hybridized carbons (Fsp3) is 0.462. The predicted octanol–water partition coefficient (Wildman–Crippen LogP) is 2.85. The molecule has 0 spiro atoms. The van der Waals surface area contributed by atoms with Crippen molar-refractivity contribution in [2.24, 2.45) is 0 Å². The predicted molar refractivity (Wildman–Crippen MR) is 78.4 cm³/mol. The van der Waals surface area contributed by atoms with Gasteiger partial charge in [-0.1, -0.05) is 12.1 Å². The highest BCUT2D eigenvalue weighted by atomic mass is 127. The highest BCUT2D eigenvalue weighted by Gasteiger charge is 2.17. The topological polar surface area (TPSA) is 58.6 Å². The molecule has 2 N–H and O–H groups in total. The monoisotopic (exact) mass is 363 g/mol. The largest absolute Gasteiger partial charge is 0.444 e. The summed E-state index contributed by atoms with van der Waals surface area (Å²) in [7, 11) is 0. The summed E-state index contributed by atoms with van der Waals surface area (Å²) >= 11 is 2.18. The Balaban J connectivity index is 2.46. The van der Waals surface area contributed by atoms with Gasteiger partial charge < -0.3 is 15.2 Å². The quantitative estimate of drug-likeness (QED) is 0.812. The van der Waals surface area contributed by atoms with E-state index in [0.29, 0.717) is 0 Å². The molecule has 4 nitrogen and oxygen atoms in total. The van der Waals surface area contributed by atoms with Crippen molar-refractivity contribution in [3.63, 3.8) is 0 Å². The lowest BCUT2D eigenvalue weighted by Crippen LogP contribution is -2.34. The van der Waals surface area contributed by atoms with Crippen LogP contribution in [0, 0.1) is 3.57 Å². The van der Waals surface area contributed by atoms with E-state index in [0.717, 1.165) is 9.13 Å². The Kier molecular flexibility index (Phi) is 5.40. The molecule has 100 valence electrons. The van der Waals surface area contributed by atoms with Gasteiger partial charge in [-0.3, -0.25) is 0 Å². The van der Waals surface area contributed by atoms with Crippen molar-refractivity contribution in [2.45, 2.75) is 32.5 Å². The van der Waals surface area contributed by atoms with Gasteiger partial charge in [0.15, 0.2) is 0 Å². The van der Waals surface area contributed by atoms with Crippen LogP contribution in [0.3, 0.4) is 0 Å². The summed E-state index contributed by atoms with van der Waals surface area (Å²) in [6, 6.07) is 7.51. The first kappa shape index (κ1) is 15.2. The molecule has 0 saturated carbocycles. The van der Waals surface area contributed by atoms with Crippen molar-refractivity contribution < 1.29 is 14.6 Å². The summed E-state index contributed by atoms with van der Waals surface area (Å²) in [4.78, 5) is 11.4. The molecule has 1 atom stereocenters. The van der Waals surface area contributed by atoms with Gasteiger partial charge >= 0.3 is 6.09 Å². The molecule has 0 aliphatic rings. The van der Waals surface area contributed by atoms with E-state index in [2.05, 4.69) is 27.9 Å². The number of nitrogens with one attached hydrogen (secondary N) is 1. The number of carbonyl (C=O) groups excluding carboxylic acids is 1. The Labute approximate surface area is 121 Å². The van der Waals surface area contributed by atoms with Crippen LogP contribution >= 0.6 is 22.6 Å². The first-order valence-electron chi connectivity index (χ1n) is 5.68. The molecule has 0 fully saturated rings. The number of amides is 1. The van der Waals surface area contributed by atoms with Gasteiger partial charge in [0.05, 0.1) is 12.6 Å². The van der Waals surface area contributed by atoms with E-state index < -0.39 is 17.8 Å². The van der Waals surface area contributed by atoms with Gasteiger partial charge in [0, 0.05) is 3.57 Å². The van der Waals surface area contributed by atoms with Crippen molar-refractivity contribution in [1.29, 1.82) is 0 Å². The average molecular weight is 363 g/mol. The summed E-state index contributed by atoms with van der Waals surface area (Å²) in [6.45, 7) is 5.52. The Hall–Kier alpha value is -0.820. The number of aliphatic hydroxyl groups excluding tert-OH is 1. The molecule has 0 aliphatic heterocycles. The van der Waals surface area contributed by atoms with E-state index in [9.17, 15) is 9.90 Å². The summed E-state index contributed by atoms with van der Waals surface area (Å²) in [5.74, 6) is 0. The molecule has 1 amide bonds. The van der Waals surface area contributed by atoms with Crippen molar-refractivity contribution in [2.75, 3.05) is 6.54 Å². The lowest BCUT2D eigenvalue weighted by atomic mass is 10.1. The normalized spacial score (nSPS) is 12.9. The lowest BCUT2D eigenvalue weighted by molar-refractivity contribution is 0.0492. The number of benzene rings is 1. The molecule has 5 heteroatoms. The van der Waals surface area contributed by atoms with Crippen molar-refractivity contribution in [3.8, 4) is 0 Å². The second kappa shape index (κ2) is 6.38. The number of ether oxygens (including phenoxy) is 1. The van der Waals surface area contributed by atoms with Gasteiger partial charge in [-0.2, -0.15) is 0 Å². The van der Waals surface area contributed by atoms with Gasteiger partial charge in [-0.15, -0.1) is 0 Å². The number of aliphatic hydroxyl groups is 1. The maximum absolute atomic E-state index is 11.4. The summed E-state index contributed by atoms with van der Waals surface area (Å²) in [6.07, 6.45) is -1.25. The fourth-order valence-corrected chi connectivity index (χ4v) is 1.89. The van der Waals surface area contributed by atoms with Crippen LogP contribution in [-0.4, -0.2) is 23.3 Å². The van der Waals surface area contributed by atoms with Crippen LogP contribution in [-0.2, 0) is 4.74 Å². The molecule has 1 aromatic carbocycles. The number of alkyl carbamates (subject to hydrolysis) is 1. The van der Waals surface area contributed by atoms with Gasteiger partial charge in [0.2, 0.25) is 0 Å². The molecule has 0 bridgehead atoms. The molecular weight excluding hydrogens is 345 g/mol. The molecule has 0 radical (unpaired) electrons. The fourth-order valence-electron chi connectivity index (χ4n) is 1.33. The van der Waals surface area contributed by atoms with E-state index in [1.807, 2.05) is 24.3 Å². The summed E-state index contributed by atoms with van der Waals surface area (Å²) < 4.78 is 6.13. The maximum Gasteiger partial charge on any atom is 0.407 e. The van der Waals surface area contributed by atoms with Crippen LogP contribution in [0.1, 0.15) is 32.4 Å². The van der Waals surface area contributed by atoms with E-state index >= 15 is 0 Å². The molecule has 18 heavy (non-hydrogen) atoms. The zero-order chi connectivity index (χ0) is 13.8. The van der Waals surface area contributed by atoms with Gasteiger partial charge in [-0.05, 0) is 61.1 Å². The lowest BCUT2D eigenvalue weighted by Gasteiger charge is -2.20. The molecule has 0 aromatic heterocycles. The highest BCUT2D eigenvalue weighted by molar-refractivity contribution is 14.1. The Bertz CT molecular complexity index is 415. The zero-order valence-corrected chi connectivity index (χ0v) is 12.9. The summed E-state index contributed by atoms with van der Waals surface area (Å²) in [5, 5.41) is 12.5. The Morgan fingerprint density at radius 1 is 1.50 bits per heavy atom. The van der Waals surface area contributed by atoms with Gasteiger partial charge in [0.25, 0.3) is 0 Å². The van der Waals surface area contributed by atoms with Crippen LogP contribution in [0.25, 0.3) is 0 Å². The minimum atomic E-state index is -0.729. The van der Waals surface area contributed by atoms with Crippen LogP contribution in [0.15, 0.2) is 24.3 Å². The first-order chi connectivity index (χ1) is 8.28. The van der Waals surface area contributed by atoms with Crippen LogP contribution < -0.4 is 5.32 Å². The van der Waals surface area contributed by atoms with Crippen molar-refractivity contribution in [3.05, 3.63) is 33.4 Å². The number of halogens is 1. The standard InChI is InChI=1S/C13H18INO3/c1-13(2,3)18-12(17)15-8-11(16)9-5-4-6-10(14)7-9/h4-7,11,16H,8H2,1-3H3,(H,15,17)/t11-/m1/s1. The average Bonchev–Trinajstić information content (AvgIpc) is 2.23. The molecule has 0 aliphatic carbocycles. The van der Waals surface area contributed by atoms with Gasteiger partial charge in [0.1, 0.15) is 5.60 Å². The molecule has 0 unspecified atom stereocenters. The first-order valence-corrected chi connectivity index (χ1v) is 6.76. The second-order valence-corrected chi connectivity index (χ2v) is 6.20. The van der Waals surface area contributed by atoms with E-state index in [4.69, 9.17) is 4.74 Å². The van der Waals surface area contributed by atoms with E-state index in [1.165, 1.54) is 0 Å². The molecular formula is C13H18INO3. The third-order valence-electron chi connectivity index (χ3n) is 2.07. The second-order valence-electron chi connectivity index (χ2n) is 4.95. The molecule has 1 rings (SSSR count). The highest BCUT2D eigenvalue weighted by Crippen LogP contribution is 2.15. The number of hydrogen-bond acceptors (Lipinski definition) is 3. The van der Waals surface area contributed by atoms with Gasteiger partial charge in [-0.25, -0.2) is 4.79 Å². The Morgan fingerprint density at radius 2 is 2.17 bits per heavy atom. The summed E-state index contributed by atoms with van der Waals surface area (Å²) in [5.41, 5.74) is 0.245. The van der Waals surface area contributed by atoms with Crippen molar-refractivity contribution in [1.82, 2.24) is 5.32 Å². The number of rotatable bonds is 3. The molecule has 1 aromatic rings. The zero-order valence-electron chi connectivity index (χ0n) is 10.7. The smallest absolute Gasteiger partial charge is 0.407 e. The van der Waals surface area contributed by atoms with E-state index in [1.54, 1.807) is 20.8 Å². The minimum absolute atomic E-state index is 0.134. The molecule has 0 saturated heterocycles. The number of carbonyl (C=O) groups is 1. The Morgan fingerprint density at radius 3 is 2.72 bits per heavy atom. The van der Waals surface area contributed by atoms with Crippen LogP contribution in [0.2, 0.25) is 0 Å². The van der Waals surface area contributed by atoms with Crippen LogP contribution in [0.4, 0.5) is 4.79 Å². The van der Waals surface area contributed by atoms with Crippen molar-refractivity contribution >= 4 is 28.7 Å². The third kappa shape index (κ3) is 5.68. The number of hydrogen-bond donors (Lipinski definition) is 2. The maximum atomic E-state index is 11.4. The van der Waals surface area contributed by atoms with Crippen LogP contribution in [0.5, 0.6) is 0 Å². The minimum Gasteiger partial charge on any atom is -0.444 e. The SMILES string of the molecule is CC(C)(C)OC(=O)NC[C@@H](O)c1cccc(I)c1. The van der Waals surface area contributed by atoms with E-state index in [-0.39, 0.29) is 6.54 Å².